The van der Waals surface area contributed by atoms with E-state index in [0.29, 0.717) is 15.8 Å². The summed E-state index contributed by atoms with van der Waals surface area (Å²) in [5.41, 5.74) is 0. The molecule has 0 bridgehead atoms. The molecule has 0 radical (unpaired) electrons. The molecule has 0 heterocycles. The maximum atomic E-state index is 12.5. The molecule has 20 heavy (non-hydrogen) atoms. The highest BCUT2D eigenvalue weighted by molar-refractivity contribution is 7.53. The van der Waals surface area contributed by atoms with Crippen molar-refractivity contribution in [1.82, 2.24) is 9.34 Å². The monoisotopic (exact) mass is 340 g/mol. The van der Waals surface area contributed by atoms with Gasteiger partial charge in [0, 0.05) is 5.02 Å². The number of rotatable bonds is 7. The van der Waals surface area contributed by atoms with Gasteiger partial charge in [-0.3, -0.25) is 4.57 Å². The van der Waals surface area contributed by atoms with Crippen LogP contribution in [0.15, 0.2) is 18.2 Å². The standard InChI is InChI=1S/C12H19Cl2N2O3P/c1-15(2)20(17,16(3)4)19-8-7-18-12-6-5-10(13)9-11(12)14/h5-6,9H,7-8H2,1-4H3. The smallest absolute Gasteiger partial charge is 0.345 e. The van der Waals surface area contributed by atoms with E-state index in [1.165, 1.54) is 0 Å². The van der Waals surface area contributed by atoms with E-state index in [4.69, 9.17) is 32.5 Å². The zero-order chi connectivity index (χ0) is 15.3. The first-order valence-electron chi connectivity index (χ1n) is 5.95. The van der Waals surface area contributed by atoms with Crippen LogP contribution >= 0.6 is 30.9 Å². The molecule has 0 aliphatic rings. The fraction of sp³-hybridized carbons (Fsp3) is 0.500. The van der Waals surface area contributed by atoms with Crippen molar-refractivity contribution in [3.05, 3.63) is 28.2 Å². The van der Waals surface area contributed by atoms with Gasteiger partial charge in [-0.25, -0.2) is 9.34 Å². The van der Waals surface area contributed by atoms with E-state index in [9.17, 15) is 4.57 Å². The summed E-state index contributed by atoms with van der Waals surface area (Å²) in [6.45, 7) is 0.430. The van der Waals surface area contributed by atoms with Gasteiger partial charge in [-0.2, -0.15) is 0 Å². The lowest BCUT2D eigenvalue weighted by Gasteiger charge is -2.29. The van der Waals surface area contributed by atoms with Crippen LogP contribution < -0.4 is 4.74 Å². The van der Waals surface area contributed by atoms with Gasteiger partial charge in [-0.05, 0) is 46.4 Å². The number of nitrogens with zero attached hydrogens (tertiary/aromatic N) is 2. The molecule has 114 valence electrons. The minimum Gasteiger partial charge on any atom is -0.490 e. The van der Waals surface area contributed by atoms with E-state index in [1.54, 1.807) is 55.7 Å². The predicted octanol–water partition coefficient (Wildman–Crippen LogP) is 3.62. The fourth-order valence-corrected chi connectivity index (χ4v) is 3.44. The molecule has 1 aromatic carbocycles. The molecule has 0 amide bonds. The Bertz CT molecular complexity index is 486. The van der Waals surface area contributed by atoms with E-state index < -0.39 is 7.67 Å². The first-order valence-corrected chi connectivity index (χ1v) is 8.24. The van der Waals surface area contributed by atoms with Crippen LogP contribution in [0.2, 0.25) is 10.0 Å². The Morgan fingerprint density at radius 2 is 1.70 bits per heavy atom. The number of halogens is 2. The summed E-state index contributed by atoms with van der Waals surface area (Å²) < 4.78 is 26.5. The Hall–Kier alpha value is -0.290. The second kappa shape index (κ2) is 7.64. The molecule has 1 aromatic rings. The van der Waals surface area contributed by atoms with Gasteiger partial charge >= 0.3 is 7.67 Å². The zero-order valence-electron chi connectivity index (χ0n) is 12.0. The molecule has 0 aromatic heterocycles. The minimum atomic E-state index is -2.97. The van der Waals surface area contributed by atoms with Crippen molar-refractivity contribution in [1.29, 1.82) is 0 Å². The average molecular weight is 341 g/mol. The summed E-state index contributed by atoms with van der Waals surface area (Å²) in [6, 6.07) is 4.97. The van der Waals surface area contributed by atoms with Crippen molar-refractivity contribution in [3.8, 4) is 5.75 Å². The zero-order valence-corrected chi connectivity index (χ0v) is 14.4. The third-order valence-electron chi connectivity index (χ3n) is 2.51. The van der Waals surface area contributed by atoms with Crippen molar-refractivity contribution in [2.75, 3.05) is 41.4 Å². The molecule has 0 unspecified atom stereocenters. The molecule has 1 rings (SSSR count). The Labute approximate surface area is 129 Å². The van der Waals surface area contributed by atoms with Gasteiger partial charge in [0.15, 0.2) is 0 Å². The molecule has 8 heteroatoms. The fourth-order valence-electron chi connectivity index (χ4n) is 1.49. The molecule has 0 aliphatic carbocycles. The minimum absolute atomic E-state index is 0.187. The van der Waals surface area contributed by atoms with Crippen molar-refractivity contribution in [2.24, 2.45) is 0 Å². The first kappa shape index (κ1) is 17.8. The number of hydrogen-bond acceptors (Lipinski definition) is 3. The third-order valence-corrected chi connectivity index (χ3v) is 5.58. The molecule has 0 spiro atoms. The van der Waals surface area contributed by atoms with E-state index in [0.717, 1.165) is 0 Å². The van der Waals surface area contributed by atoms with Gasteiger partial charge in [-0.1, -0.05) is 23.2 Å². The van der Waals surface area contributed by atoms with E-state index >= 15 is 0 Å². The van der Waals surface area contributed by atoms with Crippen molar-refractivity contribution >= 4 is 30.9 Å². The summed E-state index contributed by atoms with van der Waals surface area (Å²) in [7, 11) is 3.85. The summed E-state index contributed by atoms with van der Waals surface area (Å²) in [6.07, 6.45) is 0. The van der Waals surface area contributed by atoms with E-state index in [2.05, 4.69) is 0 Å². The summed E-state index contributed by atoms with van der Waals surface area (Å²) in [5, 5.41) is 0.976. The van der Waals surface area contributed by atoms with Gasteiger partial charge in [0.25, 0.3) is 0 Å². The van der Waals surface area contributed by atoms with Crippen molar-refractivity contribution < 1.29 is 13.8 Å². The van der Waals surface area contributed by atoms with E-state index in [-0.39, 0.29) is 13.2 Å². The maximum absolute atomic E-state index is 12.5. The second-order valence-corrected chi connectivity index (χ2v) is 8.12. The van der Waals surface area contributed by atoms with Crippen molar-refractivity contribution in [2.45, 2.75) is 0 Å². The first-order chi connectivity index (χ1) is 9.27. The van der Waals surface area contributed by atoms with Gasteiger partial charge in [0.1, 0.15) is 12.4 Å². The van der Waals surface area contributed by atoms with Crippen LogP contribution in [0.1, 0.15) is 0 Å². The highest BCUT2D eigenvalue weighted by Crippen LogP contribution is 2.50. The average Bonchev–Trinajstić information content (AvgIpc) is 2.35. The molecule has 0 fully saturated rings. The second-order valence-electron chi connectivity index (χ2n) is 4.44. The lowest BCUT2D eigenvalue weighted by molar-refractivity contribution is 0.189. The molecule has 0 aliphatic heterocycles. The van der Waals surface area contributed by atoms with Crippen molar-refractivity contribution in [3.63, 3.8) is 0 Å². The number of benzene rings is 1. The lowest BCUT2D eigenvalue weighted by Crippen LogP contribution is -2.24. The number of ether oxygens (including phenoxy) is 1. The Morgan fingerprint density at radius 3 is 2.20 bits per heavy atom. The molecule has 0 saturated heterocycles. The van der Waals surface area contributed by atoms with E-state index in [1.807, 2.05) is 0 Å². The Balaban J connectivity index is 2.51. The Morgan fingerprint density at radius 1 is 1.10 bits per heavy atom. The highest BCUT2D eigenvalue weighted by atomic mass is 35.5. The normalized spacial score (nSPS) is 12.2. The largest absolute Gasteiger partial charge is 0.490 e. The van der Waals surface area contributed by atoms with Crippen LogP contribution in [0.25, 0.3) is 0 Å². The summed E-state index contributed by atoms with van der Waals surface area (Å²) >= 11 is 11.8. The van der Waals surface area contributed by atoms with Crippen LogP contribution in [-0.2, 0) is 9.09 Å². The quantitative estimate of drug-likeness (QED) is 0.560. The molecule has 0 saturated carbocycles. The predicted molar refractivity (Wildman–Crippen MR) is 82.9 cm³/mol. The topological polar surface area (TPSA) is 42.0 Å². The Kier molecular flexibility index (Phi) is 6.79. The highest BCUT2D eigenvalue weighted by Gasteiger charge is 2.29. The lowest BCUT2D eigenvalue weighted by atomic mass is 10.3. The van der Waals surface area contributed by atoms with Crippen LogP contribution in [0.5, 0.6) is 5.75 Å². The number of hydrogen-bond donors (Lipinski definition) is 0. The van der Waals surface area contributed by atoms with Crippen LogP contribution in [0.3, 0.4) is 0 Å². The van der Waals surface area contributed by atoms with Gasteiger partial charge < -0.3 is 9.26 Å². The van der Waals surface area contributed by atoms with Crippen LogP contribution in [-0.4, -0.2) is 50.7 Å². The van der Waals surface area contributed by atoms with Crippen LogP contribution in [0, 0.1) is 0 Å². The summed E-state index contributed by atoms with van der Waals surface area (Å²) in [4.78, 5) is 0. The molecular formula is C12H19Cl2N2O3P. The van der Waals surface area contributed by atoms with Gasteiger partial charge in [0.2, 0.25) is 0 Å². The maximum Gasteiger partial charge on any atom is 0.345 e. The molecule has 0 atom stereocenters. The van der Waals surface area contributed by atoms with Crippen LogP contribution in [0.4, 0.5) is 0 Å². The third kappa shape index (κ3) is 4.62. The summed E-state index contributed by atoms with van der Waals surface area (Å²) in [5.74, 6) is 0.518. The SMILES string of the molecule is CN(C)P(=O)(OCCOc1ccc(Cl)cc1Cl)N(C)C. The van der Waals surface area contributed by atoms with Gasteiger partial charge in [0.05, 0.1) is 11.6 Å². The molecule has 5 nitrogen and oxygen atoms in total. The molecular weight excluding hydrogens is 322 g/mol. The molecule has 0 N–H and O–H groups in total. The van der Waals surface area contributed by atoms with Gasteiger partial charge in [-0.15, -0.1) is 0 Å².